The molecule has 0 fully saturated rings. The SMILES string of the molecule is Cc1ccc(N(C)c2cc([N+](=O)[O-])cc(NN)n2)cc1. The molecule has 0 unspecified atom stereocenters. The Morgan fingerprint density at radius 1 is 1.30 bits per heavy atom. The molecule has 7 nitrogen and oxygen atoms in total. The third-order valence-electron chi connectivity index (χ3n) is 2.92. The van der Waals surface area contributed by atoms with E-state index in [1.54, 1.807) is 11.9 Å². The highest BCUT2D eigenvalue weighted by Crippen LogP contribution is 2.27. The van der Waals surface area contributed by atoms with E-state index < -0.39 is 4.92 Å². The molecule has 1 aromatic carbocycles. The van der Waals surface area contributed by atoms with Crippen LogP contribution >= 0.6 is 0 Å². The van der Waals surface area contributed by atoms with Gasteiger partial charge in [0.2, 0.25) is 0 Å². The van der Waals surface area contributed by atoms with E-state index in [9.17, 15) is 10.1 Å². The van der Waals surface area contributed by atoms with Crippen LogP contribution in [0.15, 0.2) is 36.4 Å². The van der Waals surface area contributed by atoms with E-state index in [4.69, 9.17) is 5.84 Å². The Bertz CT molecular complexity index is 627. The Hall–Kier alpha value is -2.67. The molecule has 0 radical (unpaired) electrons. The number of nitrogens with two attached hydrogens (primary N) is 1. The van der Waals surface area contributed by atoms with Gasteiger partial charge in [0.1, 0.15) is 11.6 Å². The van der Waals surface area contributed by atoms with Gasteiger partial charge in [-0.2, -0.15) is 0 Å². The zero-order valence-corrected chi connectivity index (χ0v) is 11.2. The van der Waals surface area contributed by atoms with Gasteiger partial charge in [-0.25, -0.2) is 10.8 Å². The van der Waals surface area contributed by atoms with E-state index in [1.165, 1.54) is 12.1 Å². The lowest BCUT2D eigenvalue weighted by molar-refractivity contribution is -0.384. The largest absolute Gasteiger partial charge is 0.329 e. The van der Waals surface area contributed by atoms with E-state index in [0.717, 1.165) is 11.3 Å². The molecule has 0 atom stereocenters. The zero-order chi connectivity index (χ0) is 14.7. The molecule has 7 heteroatoms. The van der Waals surface area contributed by atoms with Gasteiger partial charge in [0, 0.05) is 12.7 Å². The molecule has 0 aliphatic rings. The summed E-state index contributed by atoms with van der Waals surface area (Å²) in [4.78, 5) is 16.4. The molecule has 0 spiro atoms. The minimum Gasteiger partial charge on any atom is -0.329 e. The molecule has 0 saturated heterocycles. The van der Waals surface area contributed by atoms with Crippen LogP contribution in [0, 0.1) is 17.0 Å². The predicted octanol–water partition coefficient (Wildman–Crippen LogP) is 2.35. The summed E-state index contributed by atoms with van der Waals surface area (Å²) < 4.78 is 0. The van der Waals surface area contributed by atoms with E-state index in [0.29, 0.717) is 5.82 Å². The van der Waals surface area contributed by atoms with Gasteiger partial charge in [-0.05, 0) is 19.1 Å². The average Bonchev–Trinajstić information content (AvgIpc) is 2.46. The van der Waals surface area contributed by atoms with Gasteiger partial charge in [-0.15, -0.1) is 0 Å². The highest BCUT2D eigenvalue weighted by molar-refractivity contribution is 5.64. The van der Waals surface area contributed by atoms with Crippen molar-refractivity contribution >= 4 is 23.0 Å². The van der Waals surface area contributed by atoms with Gasteiger partial charge in [-0.3, -0.25) is 10.1 Å². The summed E-state index contributed by atoms with van der Waals surface area (Å²) in [6.07, 6.45) is 0. The summed E-state index contributed by atoms with van der Waals surface area (Å²) in [6.45, 7) is 1.99. The fraction of sp³-hybridized carbons (Fsp3) is 0.154. The number of hydrogen-bond acceptors (Lipinski definition) is 6. The Kier molecular flexibility index (Phi) is 3.81. The third-order valence-corrected chi connectivity index (χ3v) is 2.92. The van der Waals surface area contributed by atoms with Crippen molar-refractivity contribution in [2.45, 2.75) is 6.92 Å². The molecule has 1 heterocycles. The maximum atomic E-state index is 10.9. The minimum absolute atomic E-state index is 0.0677. The van der Waals surface area contributed by atoms with E-state index in [-0.39, 0.29) is 11.5 Å². The number of hydrazine groups is 1. The third kappa shape index (κ3) is 2.83. The average molecular weight is 273 g/mol. The van der Waals surface area contributed by atoms with Crippen LogP contribution in [0.5, 0.6) is 0 Å². The second-order valence-electron chi connectivity index (χ2n) is 4.36. The van der Waals surface area contributed by atoms with Crippen molar-refractivity contribution in [3.05, 3.63) is 52.1 Å². The number of nitro groups is 1. The molecule has 1 aromatic heterocycles. The Balaban J connectivity index is 2.42. The first-order chi connectivity index (χ1) is 9.51. The molecule has 0 bridgehead atoms. The van der Waals surface area contributed by atoms with Gasteiger partial charge < -0.3 is 10.3 Å². The fourth-order valence-corrected chi connectivity index (χ4v) is 1.75. The maximum Gasteiger partial charge on any atom is 0.276 e. The summed E-state index contributed by atoms with van der Waals surface area (Å²) in [6, 6.07) is 10.5. The van der Waals surface area contributed by atoms with Crippen LogP contribution in [-0.2, 0) is 0 Å². The van der Waals surface area contributed by atoms with Crippen LogP contribution in [0.1, 0.15) is 5.56 Å². The van der Waals surface area contributed by atoms with Crippen molar-refractivity contribution in [1.82, 2.24) is 4.98 Å². The van der Waals surface area contributed by atoms with Crippen LogP contribution in [0.25, 0.3) is 0 Å². The molecular formula is C13H15N5O2. The van der Waals surface area contributed by atoms with Gasteiger partial charge in [0.25, 0.3) is 5.69 Å². The number of aromatic nitrogens is 1. The Labute approximate surface area is 116 Å². The maximum absolute atomic E-state index is 10.9. The summed E-state index contributed by atoms with van der Waals surface area (Å²) in [5.74, 6) is 5.98. The first-order valence-corrected chi connectivity index (χ1v) is 5.95. The highest BCUT2D eigenvalue weighted by atomic mass is 16.6. The van der Waals surface area contributed by atoms with Crippen LogP contribution in [-0.4, -0.2) is 17.0 Å². The van der Waals surface area contributed by atoms with Crippen molar-refractivity contribution in [3.63, 3.8) is 0 Å². The molecule has 20 heavy (non-hydrogen) atoms. The van der Waals surface area contributed by atoms with Crippen molar-refractivity contribution < 1.29 is 4.92 Å². The number of nitrogen functional groups attached to an aromatic ring is 1. The zero-order valence-electron chi connectivity index (χ0n) is 11.2. The molecular weight excluding hydrogens is 258 g/mol. The highest BCUT2D eigenvalue weighted by Gasteiger charge is 2.14. The van der Waals surface area contributed by atoms with Crippen LogP contribution in [0.3, 0.4) is 0 Å². The molecule has 2 rings (SSSR count). The number of anilines is 3. The van der Waals surface area contributed by atoms with Gasteiger partial charge in [0.15, 0.2) is 0 Å². The first kappa shape index (κ1) is 13.8. The monoisotopic (exact) mass is 273 g/mol. The topological polar surface area (TPSA) is 97.3 Å². The molecule has 3 N–H and O–H groups in total. The smallest absolute Gasteiger partial charge is 0.276 e. The minimum atomic E-state index is -0.477. The van der Waals surface area contributed by atoms with Crippen molar-refractivity contribution in [3.8, 4) is 0 Å². The standard InChI is InChI=1S/C13H15N5O2/c1-9-3-5-10(6-4-9)17(2)13-8-11(18(19)20)7-12(15-13)16-14/h3-8H,14H2,1-2H3,(H,15,16). The molecule has 104 valence electrons. The Morgan fingerprint density at radius 3 is 2.50 bits per heavy atom. The number of rotatable bonds is 4. The number of nitrogens with one attached hydrogen (secondary N) is 1. The normalized spacial score (nSPS) is 10.2. The first-order valence-electron chi connectivity index (χ1n) is 5.95. The van der Waals surface area contributed by atoms with Crippen molar-refractivity contribution in [2.24, 2.45) is 5.84 Å². The van der Waals surface area contributed by atoms with Crippen molar-refractivity contribution in [1.29, 1.82) is 0 Å². The summed E-state index contributed by atoms with van der Waals surface area (Å²) >= 11 is 0. The molecule has 0 aliphatic carbocycles. The fourth-order valence-electron chi connectivity index (χ4n) is 1.75. The van der Waals surface area contributed by atoms with Crippen LogP contribution in [0.4, 0.5) is 23.0 Å². The second kappa shape index (κ2) is 5.54. The number of benzene rings is 1. The summed E-state index contributed by atoms with van der Waals surface area (Å²) in [7, 11) is 1.79. The lowest BCUT2D eigenvalue weighted by Crippen LogP contribution is -2.15. The molecule has 0 saturated carbocycles. The van der Waals surface area contributed by atoms with Gasteiger partial charge in [0.05, 0.1) is 17.1 Å². The molecule has 0 aliphatic heterocycles. The van der Waals surface area contributed by atoms with E-state index in [2.05, 4.69) is 10.4 Å². The Morgan fingerprint density at radius 2 is 1.95 bits per heavy atom. The molecule has 0 amide bonds. The number of pyridine rings is 1. The van der Waals surface area contributed by atoms with Crippen LogP contribution in [0.2, 0.25) is 0 Å². The quantitative estimate of drug-likeness (QED) is 0.504. The number of aryl methyl sites for hydroxylation is 1. The van der Waals surface area contributed by atoms with Gasteiger partial charge in [-0.1, -0.05) is 17.7 Å². The lowest BCUT2D eigenvalue weighted by atomic mass is 10.2. The summed E-state index contributed by atoms with van der Waals surface area (Å²) in [5, 5.41) is 10.9. The number of hydrogen-bond donors (Lipinski definition) is 2. The summed E-state index contributed by atoms with van der Waals surface area (Å²) in [5.41, 5.74) is 4.29. The van der Waals surface area contributed by atoms with E-state index in [1.807, 2.05) is 31.2 Å². The van der Waals surface area contributed by atoms with Crippen molar-refractivity contribution in [2.75, 3.05) is 17.4 Å². The second-order valence-corrected chi connectivity index (χ2v) is 4.36. The van der Waals surface area contributed by atoms with Gasteiger partial charge >= 0.3 is 0 Å². The lowest BCUT2D eigenvalue weighted by Gasteiger charge is -2.19. The predicted molar refractivity (Wildman–Crippen MR) is 77.9 cm³/mol. The van der Waals surface area contributed by atoms with Crippen LogP contribution < -0.4 is 16.2 Å². The molecule has 2 aromatic rings. The number of nitrogens with zero attached hydrogens (tertiary/aromatic N) is 3. The van der Waals surface area contributed by atoms with E-state index >= 15 is 0 Å².